The summed E-state index contributed by atoms with van der Waals surface area (Å²) in [5.41, 5.74) is 1.70. The lowest BCUT2D eigenvalue weighted by atomic mass is 9.90. The minimum absolute atomic E-state index is 0.657. The second-order valence-corrected chi connectivity index (χ2v) is 5.51. The molecule has 0 aliphatic carbocycles. The van der Waals surface area contributed by atoms with Gasteiger partial charge in [0.15, 0.2) is 0 Å². The first-order valence-corrected chi connectivity index (χ1v) is 6.98. The number of aryl methyl sites for hydroxylation is 1. The van der Waals surface area contributed by atoms with Gasteiger partial charge in [-0.15, -0.1) is 0 Å². The van der Waals surface area contributed by atoms with Crippen LogP contribution in [0.25, 0.3) is 0 Å². The molecule has 2 aromatic carbocycles. The number of rotatable bonds is 6. The van der Waals surface area contributed by atoms with Crippen LogP contribution in [0.1, 0.15) is 24.5 Å². The lowest BCUT2D eigenvalue weighted by Crippen LogP contribution is -2.27. The fourth-order valence-corrected chi connectivity index (χ4v) is 2.33. The zero-order chi connectivity index (χ0) is 14.4. The highest BCUT2D eigenvalue weighted by Crippen LogP contribution is 2.21. The van der Waals surface area contributed by atoms with Gasteiger partial charge in [0.2, 0.25) is 0 Å². The maximum atomic E-state index is 10.5. The number of aliphatic hydroxyl groups is 1. The average Bonchev–Trinajstić information content (AvgIpc) is 2.47. The molecule has 2 heteroatoms. The Balaban J connectivity index is 1.92. The van der Waals surface area contributed by atoms with E-state index in [4.69, 9.17) is 4.74 Å². The molecule has 0 amide bonds. The van der Waals surface area contributed by atoms with E-state index in [1.807, 2.05) is 49.4 Å². The quantitative estimate of drug-likeness (QED) is 0.868. The predicted molar refractivity (Wildman–Crippen MR) is 82.1 cm³/mol. The van der Waals surface area contributed by atoms with E-state index < -0.39 is 5.60 Å². The van der Waals surface area contributed by atoms with Crippen LogP contribution in [0.4, 0.5) is 0 Å². The Bertz CT molecular complexity index is 515. The van der Waals surface area contributed by atoms with Crippen LogP contribution in [0, 0.1) is 0 Å². The maximum Gasteiger partial charge on any atom is 0.118 e. The molecule has 2 nitrogen and oxygen atoms in total. The maximum absolute atomic E-state index is 10.5. The molecule has 0 radical (unpaired) electrons. The van der Waals surface area contributed by atoms with Crippen molar-refractivity contribution >= 4 is 0 Å². The summed E-state index contributed by atoms with van der Waals surface area (Å²) in [7, 11) is 1.66. The second-order valence-electron chi connectivity index (χ2n) is 5.51. The largest absolute Gasteiger partial charge is 0.497 e. The van der Waals surface area contributed by atoms with Crippen LogP contribution in [0.2, 0.25) is 0 Å². The smallest absolute Gasteiger partial charge is 0.118 e. The van der Waals surface area contributed by atoms with Crippen LogP contribution in [0.15, 0.2) is 54.6 Å². The minimum atomic E-state index is -0.690. The van der Waals surface area contributed by atoms with Crippen molar-refractivity contribution in [2.45, 2.75) is 31.8 Å². The Kier molecular flexibility index (Phi) is 4.80. The molecule has 0 heterocycles. The Morgan fingerprint density at radius 1 is 0.950 bits per heavy atom. The van der Waals surface area contributed by atoms with E-state index in [0.717, 1.165) is 24.2 Å². The molecule has 1 atom stereocenters. The molecular weight excluding hydrogens is 248 g/mol. The molecule has 0 saturated carbocycles. The van der Waals surface area contributed by atoms with Crippen LogP contribution >= 0.6 is 0 Å². The summed E-state index contributed by atoms with van der Waals surface area (Å²) in [6.45, 7) is 1.90. The molecular formula is C18H22O2. The fraction of sp³-hybridized carbons (Fsp3) is 0.333. The molecule has 106 valence electrons. The standard InChI is InChI=1S/C18H22O2/c1-18(19,13-12-15-6-4-3-5-7-15)14-16-8-10-17(20-2)11-9-16/h3-11,19H,12-14H2,1-2H3. The van der Waals surface area contributed by atoms with Gasteiger partial charge in [0.1, 0.15) is 5.75 Å². The third-order valence-electron chi connectivity index (χ3n) is 3.54. The van der Waals surface area contributed by atoms with Gasteiger partial charge in [0, 0.05) is 6.42 Å². The number of ether oxygens (including phenoxy) is 1. The van der Waals surface area contributed by atoms with Gasteiger partial charge in [0.25, 0.3) is 0 Å². The first-order chi connectivity index (χ1) is 9.59. The van der Waals surface area contributed by atoms with Gasteiger partial charge in [-0.2, -0.15) is 0 Å². The molecule has 0 saturated heterocycles. The summed E-state index contributed by atoms with van der Waals surface area (Å²) in [5.74, 6) is 0.845. The fourth-order valence-electron chi connectivity index (χ4n) is 2.33. The van der Waals surface area contributed by atoms with E-state index >= 15 is 0 Å². The summed E-state index contributed by atoms with van der Waals surface area (Å²) >= 11 is 0. The molecule has 0 bridgehead atoms. The molecule has 2 aromatic rings. The molecule has 1 N–H and O–H groups in total. The van der Waals surface area contributed by atoms with Crippen molar-refractivity contribution in [2.75, 3.05) is 7.11 Å². The molecule has 20 heavy (non-hydrogen) atoms. The van der Waals surface area contributed by atoms with E-state index in [0.29, 0.717) is 6.42 Å². The summed E-state index contributed by atoms with van der Waals surface area (Å²) in [6.07, 6.45) is 2.30. The van der Waals surface area contributed by atoms with Gasteiger partial charge in [-0.05, 0) is 43.0 Å². The summed E-state index contributed by atoms with van der Waals surface area (Å²) in [6, 6.07) is 18.2. The van der Waals surface area contributed by atoms with Gasteiger partial charge in [-0.3, -0.25) is 0 Å². The topological polar surface area (TPSA) is 29.5 Å². The van der Waals surface area contributed by atoms with Crippen molar-refractivity contribution in [2.24, 2.45) is 0 Å². The van der Waals surface area contributed by atoms with Crippen LogP contribution in [0.5, 0.6) is 5.75 Å². The Morgan fingerprint density at radius 3 is 2.20 bits per heavy atom. The third kappa shape index (κ3) is 4.39. The summed E-state index contributed by atoms with van der Waals surface area (Å²) in [5, 5.41) is 10.5. The lowest BCUT2D eigenvalue weighted by Gasteiger charge is -2.23. The number of hydrogen-bond acceptors (Lipinski definition) is 2. The summed E-state index contributed by atoms with van der Waals surface area (Å²) < 4.78 is 5.14. The van der Waals surface area contributed by atoms with Gasteiger partial charge in [-0.1, -0.05) is 42.5 Å². The van der Waals surface area contributed by atoms with Gasteiger partial charge in [-0.25, -0.2) is 0 Å². The molecule has 0 aromatic heterocycles. The first kappa shape index (κ1) is 14.6. The average molecular weight is 270 g/mol. The molecule has 0 fully saturated rings. The Labute approximate surface area is 121 Å². The Morgan fingerprint density at radius 2 is 1.60 bits per heavy atom. The van der Waals surface area contributed by atoms with Crippen molar-refractivity contribution in [3.8, 4) is 5.75 Å². The van der Waals surface area contributed by atoms with E-state index in [1.54, 1.807) is 7.11 Å². The molecule has 0 spiro atoms. The molecule has 0 aliphatic heterocycles. The highest BCUT2D eigenvalue weighted by molar-refractivity contribution is 5.28. The Hall–Kier alpha value is -1.80. The van der Waals surface area contributed by atoms with Crippen LogP contribution < -0.4 is 4.74 Å². The van der Waals surface area contributed by atoms with Crippen LogP contribution in [-0.2, 0) is 12.8 Å². The zero-order valence-corrected chi connectivity index (χ0v) is 12.2. The van der Waals surface area contributed by atoms with E-state index in [1.165, 1.54) is 5.56 Å². The van der Waals surface area contributed by atoms with Crippen molar-refractivity contribution in [3.63, 3.8) is 0 Å². The van der Waals surface area contributed by atoms with Crippen LogP contribution in [-0.4, -0.2) is 17.8 Å². The van der Waals surface area contributed by atoms with Gasteiger partial charge >= 0.3 is 0 Å². The van der Waals surface area contributed by atoms with Crippen molar-refractivity contribution in [1.29, 1.82) is 0 Å². The van der Waals surface area contributed by atoms with Crippen LogP contribution in [0.3, 0.4) is 0 Å². The van der Waals surface area contributed by atoms with Crippen molar-refractivity contribution in [3.05, 3.63) is 65.7 Å². The number of hydrogen-bond donors (Lipinski definition) is 1. The van der Waals surface area contributed by atoms with E-state index in [9.17, 15) is 5.11 Å². The molecule has 1 unspecified atom stereocenters. The second kappa shape index (κ2) is 6.58. The number of methoxy groups -OCH3 is 1. The SMILES string of the molecule is COc1ccc(CC(C)(O)CCc2ccccc2)cc1. The normalized spacial score (nSPS) is 13.8. The van der Waals surface area contributed by atoms with Crippen molar-refractivity contribution in [1.82, 2.24) is 0 Å². The first-order valence-electron chi connectivity index (χ1n) is 6.98. The molecule has 2 rings (SSSR count). The highest BCUT2D eigenvalue weighted by atomic mass is 16.5. The summed E-state index contributed by atoms with van der Waals surface area (Å²) in [4.78, 5) is 0. The zero-order valence-electron chi connectivity index (χ0n) is 12.2. The predicted octanol–water partition coefficient (Wildman–Crippen LogP) is 3.62. The van der Waals surface area contributed by atoms with Crippen molar-refractivity contribution < 1.29 is 9.84 Å². The van der Waals surface area contributed by atoms with Gasteiger partial charge in [0.05, 0.1) is 12.7 Å². The third-order valence-corrected chi connectivity index (χ3v) is 3.54. The monoisotopic (exact) mass is 270 g/mol. The highest BCUT2D eigenvalue weighted by Gasteiger charge is 2.20. The van der Waals surface area contributed by atoms with Gasteiger partial charge < -0.3 is 9.84 Å². The molecule has 0 aliphatic rings. The minimum Gasteiger partial charge on any atom is -0.497 e. The van der Waals surface area contributed by atoms with E-state index in [2.05, 4.69) is 12.1 Å². The lowest BCUT2D eigenvalue weighted by molar-refractivity contribution is 0.0516. The number of benzene rings is 2. The van der Waals surface area contributed by atoms with E-state index in [-0.39, 0.29) is 0 Å².